The number of nitrogens with one attached hydrogen (secondary N) is 2. The molecule has 8 heteroatoms. The zero-order valence-electron chi connectivity index (χ0n) is 11.1. The second-order valence-electron chi connectivity index (χ2n) is 4.35. The topological polar surface area (TPSA) is 92.7 Å². The molecule has 2 rings (SSSR count). The summed E-state index contributed by atoms with van der Waals surface area (Å²) in [7, 11) is 1.83. The van der Waals surface area contributed by atoms with E-state index < -0.39 is 11.5 Å². The summed E-state index contributed by atoms with van der Waals surface area (Å²) in [5.74, 6) is 0.360. The molecule has 0 fully saturated rings. The number of halogens is 1. The van der Waals surface area contributed by atoms with Gasteiger partial charge in [-0.2, -0.15) is 0 Å². The first-order chi connectivity index (χ1) is 9.49. The van der Waals surface area contributed by atoms with Crippen LogP contribution in [0.5, 0.6) is 0 Å². The summed E-state index contributed by atoms with van der Waals surface area (Å²) < 4.78 is 2.47. The van der Waals surface area contributed by atoms with Crippen molar-refractivity contribution < 1.29 is 4.79 Å². The van der Waals surface area contributed by atoms with Gasteiger partial charge in [-0.05, 0) is 28.9 Å². The van der Waals surface area contributed by atoms with Crippen molar-refractivity contribution >= 4 is 21.8 Å². The van der Waals surface area contributed by atoms with E-state index in [0.717, 1.165) is 5.82 Å². The molecule has 2 N–H and O–H groups in total. The van der Waals surface area contributed by atoms with Crippen molar-refractivity contribution in [2.75, 3.05) is 6.54 Å². The van der Waals surface area contributed by atoms with E-state index in [1.165, 1.54) is 6.07 Å². The number of hydrogen-bond donors (Lipinski definition) is 2. The monoisotopic (exact) mass is 339 g/mol. The van der Waals surface area contributed by atoms with Crippen molar-refractivity contribution in [2.24, 2.45) is 7.05 Å². The first kappa shape index (κ1) is 14.4. The maximum atomic E-state index is 11.9. The SMILES string of the molecule is Cc1[nH]c(=O)c(C(=O)NCCc2nncn2C)cc1Br. The molecule has 20 heavy (non-hydrogen) atoms. The summed E-state index contributed by atoms with van der Waals surface area (Å²) in [4.78, 5) is 26.3. The van der Waals surface area contributed by atoms with E-state index >= 15 is 0 Å². The van der Waals surface area contributed by atoms with E-state index in [4.69, 9.17) is 0 Å². The van der Waals surface area contributed by atoms with Gasteiger partial charge in [0.2, 0.25) is 0 Å². The van der Waals surface area contributed by atoms with Crippen LogP contribution in [-0.4, -0.2) is 32.2 Å². The average Bonchev–Trinajstić information content (AvgIpc) is 2.79. The van der Waals surface area contributed by atoms with Crippen LogP contribution >= 0.6 is 15.9 Å². The number of aromatic amines is 1. The molecule has 0 bridgehead atoms. The third-order valence-electron chi connectivity index (χ3n) is 2.86. The molecule has 106 valence electrons. The van der Waals surface area contributed by atoms with E-state index in [2.05, 4.69) is 36.4 Å². The molecule has 0 aliphatic carbocycles. The minimum absolute atomic E-state index is 0.0837. The van der Waals surface area contributed by atoms with Crippen molar-refractivity contribution in [3.05, 3.63) is 44.3 Å². The number of carbonyl (C=O) groups excluding carboxylic acids is 1. The lowest BCUT2D eigenvalue weighted by atomic mass is 10.2. The molecular weight excluding hydrogens is 326 g/mol. The largest absolute Gasteiger partial charge is 0.351 e. The van der Waals surface area contributed by atoms with E-state index in [0.29, 0.717) is 23.1 Å². The first-order valence-corrected chi connectivity index (χ1v) is 6.79. The lowest BCUT2D eigenvalue weighted by molar-refractivity contribution is 0.0952. The van der Waals surface area contributed by atoms with Crippen LogP contribution in [0.25, 0.3) is 0 Å². The Morgan fingerprint density at radius 1 is 1.55 bits per heavy atom. The summed E-state index contributed by atoms with van der Waals surface area (Å²) in [6.45, 7) is 2.14. The van der Waals surface area contributed by atoms with Gasteiger partial charge >= 0.3 is 0 Å². The standard InChI is InChI=1S/C12H14BrN5O2/c1-7-9(13)5-8(12(20)16-7)11(19)14-4-3-10-17-15-6-18(10)2/h5-6H,3-4H2,1-2H3,(H,14,19)(H,16,20). The molecule has 0 saturated carbocycles. The summed E-state index contributed by atoms with van der Waals surface area (Å²) >= 11 is 3.29. The molecule has 0 aromatic carbocycles. The third kappa shape index (κ3) is 3.13. The third-order valence-corrected chi connectivity index (χ3v) is 3.68. The van der Waals surface area contributed by atoms with Crippen molar-refractivity contribution in [2.45, 2.75) is 13.3 Å². The van der Waals surface area contributed by atoms with Crippen LogP contribution < -0.4 is 10.9 Å². The molecule has 2 aromatic heterocycles. The van der Waals surface area contributed by atoms with Gasteiger partial charge in [-0.25, -0.2) is 0 Å². The number of H-pyrrole nitrogens is 1. The summed E-state index contributed by atoms with van der Waals surface area (Å²) in [5, 5.41) is 10.4. The van der Waals surface area contributed by atoms with Gasteiger partial charge in [0.1, 0.15) is 17.7 Å². The molecule has 0 aliphatic heterocycles. The fraction of sp³-hybridized carbons (Fsp3) is 0.333. The van der Waals surface area contributed by atoms with Gasteiger partial charge in [-0.3, -0.25) is 9.59 Å². The number of amides is 1. The van der Waals surface area contributed by atoms with Crippen molar-refractivity contribution in [1.82, 2.24) is 25.1 Å². The summed E-state index contributed by atoms with van der Waals surface area (Å²) in [5.41, 5.74) is 0.368. The highest BCUT2D eigenvalue weighted by Crippen LogP contribution is 2.12. The van der Waals surface area contributed by atoms with E-state index in [9.17, 15) is 9.59 Å². The highest BCUT2D eigenvalue weighted by atomic mass is 79.9. The number of pyridine rings is 1. The van der Waals surface area contributed by atoms with Gasteiger partial charge in [0, 0.05) is 30.2 Å². The van der Waals surface area contributed by atoms with E-state index in [1.807, 2.05) is 7.05 Å². The lowest BCUT2D eigenvalue weighted by Gasteiger charge is -2.06. The number of aromatic nitrogens is 4. The second kappa shape index (κ2) is 6.00. The van der Waals surface area contributed by atoms with Gasteiger partial charge in [0.25, 0.3) is 11.5 Å². The molecule has 0 unspecified atom stereocenters. The molecular formula is C12H14BrN5O2. The van der Waals surface area contributed by atoms with Crippen LogP contribution in [0, 0.1) is 6.92 Å². The molecule has 1 amide bonds. The smallest absolute Gasteiger partial charge is 0.261 e. The number of aryl methyl sites for hydroxylation is 2. The lowest BCUT2D eigenvalue weighted by Crippen LogP contribution is -2.31. The van der Waals surface area contributed by atoms with Crippen molar-refractivity contribution in [3.8, 4) is 0 Å². The summed E-state index contributed by atoms with van der Waals surface area (Å²) in [6, 6.07) is 1.52. The Morgan fingerprint density at radius 3 is 2.95 bits per heavy atom. The Hall–Kier alpha value is -1.96. The molecule has 7 nitrogen and oxygen atoms in total. The maximum absolute atomic E-state index is 11.9. The van der Waals surface area contributed by atoms with Crippen LogP contribution in [0.15, 0.2) is 21.7 Å². The highest BCUT2D eigenvalue weighted by molar-refractivity contribution is 9.10. The van der Waals surface area contributed by atoms with E-state index in [1.54, 1.807) is 17.8 Å². The van der Waals surface area contributed by atoms with Crippen LogP contribution in [-0.2, 0) is 13.5 Å². The van der Waals surface area contributed by atoms with Gasteiger partial charge in [-0.15, -0.1) is 10.2 Å². The molecule has 0 spiro atoms. The minimum atomic E-state index is -0.408. The first-order valence-electron chi connectivity index (χ1n) is 5.99. The minimum Gasteiger partial charge on any atom is -0.351 e. The molecule has 2 heterocycles. The normalized spacial score (nSPS) is 10.6. The van der Waals surface area contributed by atoms with E-state index in [-0.39, 0.29) is 5.56 Å². The molecule has 0 saturated heterocycles. The fourth-order valence-electron chi connectivity index (χ4n) is 1.68. The second-order valence-corrected chi connectivity index (χ2v) is 5.20. The Morgan fingerprint density at radius 2 is 2.30 bits per heavy atom. The van der Waals surface area contributed by atoms with Crippen LogP contribution in [0.3, 0.4) is 0 Å². The van der Waals surface area contributed by atoms with Crippen LogP contribution in [0.4, 0.5) is 0 Å². The fourth-order valence-corrected chi connectivity index (χ4v) is 2.01. The Balaban J connectivity index is 2.01. The van der Waals surface area contributed by atoms with Gasteiger partial charge in [0.05, 0.1) is 0 Å². The Bertz CT molecular complexity index is 691. The quantitative estimate of drug-likeness (QED) is 0.850. The zero-order valence-corrected chi connectivity index (χ0v) is 12.7. The number of carbonyl (C=O) groups is 1. The Labute approximate surface area is 123 Å². The van der Waals surface area contributed by atoms with Gasteiger partial charge < -0.3 is 14.9 Å². The maximum Gasteiger partial charge on any atom is 0.261 e. The average molecular weight is 340 g/mol. The number of hydrogen-bond acceptors (Lipinski definition) is 4. The van der Waals surface area contributed by atoms with Crippen LogP contribution in [0.1, 0.15) is 21.9 Å². The van der Waals surface area contributed by atoms with Crippen molar-refractivity contribution in [1.29, 1.82) is 0 Å². The molecule has 0 atom stereocenters. The van der Waals surface area contributed by atoms with Crippen LogP contribution in [0.2, 0.25) is 0 Å². The molecule has 0 aliphatic rings. The van der Waals surface area contributed by atoms with Gasteiger partial charge in [-0.1, -0.05) is 0 Å². The predicted molar refractivity (Wildman–Crippen MR) is 76.5 cm³/mol. The summed E-state index contributed by atoms with van der Waals surface area (Å²) in [6.07, 6.45) is 2.14. The number of rotatable bonds is 4. The van der Waals surface area contributed by atoms with Gasteiger partial charge in [0.15, 0.2) is 0 Å². The molecule has 0 radical (unpaired) electrons. The predicted octanol–water partition coefficient (Wildman–Crippen LogP) is 0.547. The highest BCUT2D eigenvalue weighted by Gasteiger charge is 2.12. The molecule has 2 aromatic rings. The van der Waals surface area contributed by atoms with Crippen molar-refractivity contribution in [3.63, 3.8) is 0 Å². The zero-order chi connectivity index (χ0) is 14.7. The Kier molecular flexibility index (Phi) is 4.33. The number of nitrogens with zero attached hydrogens (tertiary/aromatic N) is 3.